The van der Waals surface area contributed by atoms with Gasteiger partial charge in [-0.1, -0.05) is 6.42 Å². The van der Waals surface area contributed by atoms with Crippen LogP contribution in [0.5, 0.6) is 0 Å². The van der Waals surface area contributed by atoms with Crippen LogP contribution in [0.3, 0.4) is 0 Å². The van der Waals surface area contributed by atoms with Gasteiger partial charge in [-0.2, -0.15) is 0 Å². The Morgan fingerprint density at radius 3 is 2.79 bits per heavy atom. The molecule has 0 radical (unpaired) electrons. The number of carbonyl (C=O) groups excluding carboxylic acids is 1. The van der Waals surface area contributed by atoms with E-state index in [1.165, 1.54) is 0 Å². The van der Waals surface area contributed by atoms with Crippen molar-refractivity contribution in [3.05, 3.63) is 24.2 Å². The zero-order valence-corrected chi connectivity index (χ0v) is 11.0. The Labute approximate surface area is 112 Å². The van der Waals surface area contributed by atoms with Crippen LogP contribution in [0.2, 0.25) is 0 Å². The van der Waals surface area contributed by atoms with Crippen molar-refractivity contribution in [2.24, 2.45) is 11.8 Å². The van der Waals surface area contributed by atoms with Crippen molar-refractivity contribution in [1.29, 1.82) is 0 Å². The number of hydrogen-bond acceptors (Lipinski definition) is 3. The monoisotopic (exact) mass is 265 g/mol. The van der Waals surface area contributed by atoms with Gasteiger partial charge < -0.3 is 14.4 Å². The minimum absolute atomic E-state index is 0.0161. The highest BCUT2D eigenvalue weighted by Crippen LogP contribution is 2.30. The molecule has 2 atom stereocenters. The normalized spacial score (nSPS) is 23.0. The van der Waals surface area contributed by atoms with Crippen LogP contribution >= 0.6 is 0 Å². The number of carboxylic acid groups (broad SMARTS) is 1. The van der Waals surface area contributed by atoms with Crippen LogP contribution in [-0.4, -0.2) is 28.9 Å². The second kappa shape index (κ2) is 5.91. The molecule has 5 nitrogen and oxygen atoms in total. The molecule has 0 aromatic carbocycles. The Morgan fingerprint density at radius 2 is 2.16 bits per heavy atom. The van der Waals surface area contributed by atoms with Crippen LogP contribution in [0.4, 0.5) is 0 Å². The van der Waals surface area contributed by atoms with E-state index in [-0.39, 0.29) is 17.7 Å². The lowest BCUT2D eigenvalue weighted by Gasteiger charge is -2.29. The van der Waals surface area contributed by atoms with Crippen LogP contribution < -0.4 is 0 Å². The Hall–Kier alpha value is -1.78. The SMILES string of the molecule is CN(Cc1ccco1)C(=O)[C@@H]1CCC[C@H](C(=O)O)C1. The van der Waals surface area contributed by atoms with Gasteiger partial charge in [0.05, 0.1) is 18.7 Å². The van der Waals surface area contributed by atoms with Gasteiger partial charge in [0.2, 0.25) is 5.91 Å². The van der Waals surface area contributed by atoms with Gasteiger partial charge in [0.1, 0.15) is 5.76 Å². The minimum Gasteiger partial charge on any atom is -0.481 e. The molecule has 1 fully saturated rings. The lowest BCUT2D eigenvalue weighted by molar-refractivity contribution is -0.145. The third kappa shape index (κ3) is 3.36. The van der Waals surface area contributed by atoms with Crippen LogP contribution in [0.1, 0.15) is 31.4 Å². The first kappa shape index (κ1) is 13.6. The lowest BCUT2D eigenvalue weighted by Crippen LogP contribution is -2.36. The maximum absolute atomic E-state index is 12.3. The van der Waals surface area contributed by atoms with Gasteiger partial charge in [0.25, 0.3) is 0 Å². The van der Waals surface area contributed by atoms with E-state index in [4.69, 9.17) is 9.52 Å². The first-order valence-electron chi connectivity index (χ1n) is 6.58. The largest absolute Gasteiger partial charge is 0.481 e. The molecule has 0 spiro atoms. The Balaban J connectivity index is 1.93. The predicted octanol–water partition coefficient (Wildman–Crippen LogP) is 2.13. The molecule has 5 heteroatoms. The van der Waals surface area contributed by atoms with Gasteiger partial charge in [0, 0.05) is 13.0 Å². The van der Waals surface area contributed by atoms with Crippen LogP contribution in [0.25, 0.3) is 0 Å². The van der Waals surface area contributed by atoms with Gasteiger partial charge in [-0.3, -0.25) is 9.59 Å². The van der Waals surface area contributed by atoms with Gasteiger partial charge in [-0.15, -0.1) is 0 Å². The number of carbonyl (C=O) groups is 2. The molecule has 1 heterocycles. The van der Waals surface area contributed by atoms with Gasteiger partial charge in [-0.25, -0.2) is 0 Å². The average Bonchev–Trinajstić information content (AvgIpc) is 2.90. The predicted molar refractivity (Wildman–Crippen MR) is 68.3 cm³/mol. The summed E-state index contributed by atoms with van der Waals surface area (Å²) in [6.07, 6.45) is 4.31. The smallest absolute Gasteiger partial charge is 0.306 e. The molecule has 1 aromatic rings. The number of nitrogens with zero attached hydrogens (tertiary/aromatic N) is 1. The van der Waals surface area contributed by atoms with Gasteiger partial charge >= 0.3 is 5.97 Å². The highest BCUT2D eigenvalue weighted by Gasteiger charge is 2.32. The molecule has 0 unspecified atom stereocenters. The molecule has 1 N–H and O–H groups in total. The summed E-state index contributed by atoms with van der Waals surface area (Å²) >= 11 is 0. The molecular weight excluding hydrogens is 246 g/mol. The molecule has 104 valence electrons. The average molecular weight is 265 g/mol. The molecule has 0 aliphatic heterocycles. The summed E-state index contributed by atoms with van der Waals surface area (Å²) in [5, 5.41) is 9.04. The van der Waals surface area contributed by atoms with Crippen molar-refractivity contribution < 1.29 is 19.1 Å². The van der Waals surface area contributed by atoms with E-state index in [1.807, 2.05) is 6.07 Å². The molecule has 19 heavy (non-hydrogen) atoms. The zero-order chi connectivity index (χ0) is 13.8. The molecule has 1 aliphatic rings. The van der Waals surface area contributed by atoms with Crippen molar-refractivity contribution in [3.63, 3.8) is 0 Å². The van der Waals surface area contributed by atoms with E-state index < -0.39 is 5.97 Å². The van der Waals surface area contributed by atoms with Crippen LogP contribution in [0, 0.1) is 11.8 Å². The van der Waals surface area contributed by atoms with E-state index in [1.54, 1.807) is 24.3 Å². The third-order valence-electron chi connectivity index (χ3n) is 3.72. The minimum atomic E-state index is -0.786. The summed E-state index contributed by atoms with van der Waals surface area (Å²) in [4.78, 5) is 24.9. The molecule has 0 bridgehead atoms. The van der Waals surface area contributed by atoms with E-state index in [0.29, 0.717) is 19.4 Å². The van der Waals surface area contributed by atoms with Crippen molar-refractivity contribution >= 4 is 11.9 Å². The van der Waals surface area contributed by atoms with E-state index in [9.17, 15) is 9.59 Å². The number of furan rings is 1. The molecular formula is C14H19NO4. The van der Waals surface area contributed by atoms with Crippen LogP contribution in [0.15, 0.2) is 22.8 Å². The number of carboxylic acids is 1. The number of aliphatic carboxylic acids is 1. The highest BCUT2D eigenvalue weighted by molar-refractivity contribution is 5.80. The van der Waals surface area contributed by atoms with Crippen LogP contribution in [-0.2, 0) is 16.1 Å². The fraction of sp³-hybridized carbons (Fsp3) is 0.571. The Kier molecular flexibility index (Phi) is 4.24. The fourth-order valence-electron chi connectivity index (χ4n) is 2.66. The maximum atomic E-state index is 12.3. The summed E-state index contributed by atoms with van der Waals surface area (Å²) in [5.41, 5.74) is 0. The summed E-state index contributed by atoms with van der Waals surface area (Å²) < 4.78 is 5.21. The standard InChI is InChI=1S/C14H19NO4/c1-15(9-12-6-3-7-19-12)13(16)10-4-2-5-11(8-10)14(17)18/h3,6-7,10-11H,2,4-5,8-9H2,1H3,(H,17,18)/t10-,11+/m1/s1. The van der Waals surface area contributed by atoms with E-state index in [2.05, 4.69) is 0 Å². The molecule has 1 aliphatic carbocycles. The maximum Gasteiger partial charge on any atom is 0.306 e. The Bertz CT molecular complexity index is 440. The number of amides is 1. The van der Waals surface area contributed by atoms with Crippen molar-refractivity contribution in [3.8, 4) is 0 Å². The second-order valence-corrected chi connectivity index (χ2v) is 5.17. The van der Waals surface area contributed by atoms with Gasteiger partial charge in [0.15, 0.2) is 0 Å². The third-order valence-corrected chi connectivity index (χ3v) is 3.72. The number of rotatable bonds is 4. The molecule has 2 rings (SSSR count). The molecule has 0 saturated heterocycles. The van der Waals surface area contributed by atoms with Crippen molar-refractivity contribution in [2.75, 3.05) is 7.05 Å². The van der Waals surface area contributed by atoms with E-state index in [0.717, 1.165) is 18.6 Å². The van der Waals surface area contributed by atoms with Crippen molar-refractivity contribution in [1.82, 2.24) is 4.90 Å². The second-order valence-electron chi connectivity index (χ2n) is 5.17. The summed E-state index contributed by atoms with van der Waals surface area (Å²) in [7, 11) is 1.73. The zero-order valence-electron chi connectivity index (χ0n) is 11.0. The lowest BCUT2D eigenvalue weighted by atomic mass is 9.81. The molecule has 1 saturated carbocycles. The van der Waals surface area contributed by atoms with Crippen molar-refractivity contribution in [2.45, 2.75) is 32.2 Å². The topological polar surface area (TPSA) is 70.8 Å². The Morgan fingerprint density at radius 1 is 1.42 bits per heavy atom. The van der Waals surface area contributed by atoms with E-state index >= 15 is 0 Å². The summed E-state index contributed by atoms with van der Waals surface area (Å²) in [6, 6.07) is 3.61. The first-order chi connectivity index (χ1) is 9.08. The quantitative estimate of drug-likeness (QED) is 0.905. The first-order valence-corrected chi connectivity index (χ1v) is 6.58. The molecule has 1 amide bonds. The number of hydrogen-bond donors (Lipinski definition) is 1. The summed E-state index contributed by atoms with van der Waals surface area (Å²) in [6.45, 7) is 0.431. The van der Waals surface area contributed by atoms with Gasteiger partial charge in [-0.05, 0) is 31.4 Å². The fourth-order valence-corrected chi connectivity index (χ4v) is 2.66. The summed E-state index contributed by atoms with van der Waals surface area (Å²) in [5.74, 6) is -0.579. The highest BCUT2D eigenvalue weighted by atomic mass is 16.4. The molecule has 1 aromatic heterocycles.